The number of nitrogens with one attached hydrogen (secondary N) is 1. The largest absolute Gasteiger partial charge is 0.388 e. The Morgan fingerprint density at radius 2 is 1.85 bits per heavy atom. The molecule has 0 bridgehead atoms. The second-order valence-corrected chi connectivity index (χ2v) is 4.95. The summed E-state index contributed by atoms with van der Waals surface area (Å²) in [6, 6.07) is 3.60. The normalized spacial score (nSPS) is 10.3. The van der Waals surface area contributed by atoms with E-state index in [4.69, 9.17) is 18.0 Å². The fraction of sp³-hybridized carbons (Fsp3) is 0.214. The Labute approximate surface area is 122 Å². The molecule has 1 heterocycles. The van der Waals surface area contributed by atoms with E-state index in [1.54, 1.807) is 32.2 Å². The van der Waals surface area contributed by atoms with Crippen molar-refractivity contribution in [1.82, 2.24) is 9.97 Å². The monoisotopic (exact) mass is 290 g/mol. The van der Waals surface area contributed by atoms with E-state index in [1.165, 1.54) is 6.20 Å². The molecule has 2 rings (SSSR count). The van der Waals surface area contributed by atoms with Gasteiger partial charge < -0.3 is 11.1 Å². The third-order valence-corrected chi connectivity index (χ3v) is 3.08. The van der Waals surface area contributed by atoms with Gasteiger partial charge in [-0.1, -0.05) is 24.4 Å². The van der Waals surface area contributed by atoms with Gasteiger partial charge in [0.05, 0.1) is 0 Å². The maximum Gasteiger partial charge on any atom is 0.155 e. The smallest absolute Gasteiger partial charge is 0.155 e. The molecule has 0 aliphatic carbocycles. The number of halogens is 1. The molecule has 104 valence electrons. The lowest BCUT2D eigenvalue weighted by molar-refractivity contribution is 0.608. The van der Waals surface area contributed by atoms with Crippen molar-refractivity contribution in [3.63, 3.8) is 0 Å². The highest BCUT2D eigenvalue weighted by Gasteiger charge is 2.08. The highest BCUT2D eigenvalue weighted by atomic mass is 32.1. The molecule has 0 fully saturated rings. The Hall–Kier alpha value is -2.08. The van der Waals surface area contributed by atoms with Gasteiger partial charge in [0.25, 0.3) is 0 Å². The quantitative estimate of drug-likeness (QED) is 0.847. The standard InChI is InChI=1S/C14H15FN4S/c1-8-5-10(6-9(2)11(8)15)7-19-14-12(13(16)20)17-3-4-18-14/h3-6H,7H2,1-2H3,(H2,16,20)(H,18,19). The predicted octanol–water partition coefficient (Wildman–Crippen LogP) is 2.48. The molecular formula is C14H15FN4S. The van der Waals surface area contributed by atoms with Crippen molar-refractivity contribution in [1.29, 1.82) is 0 Å². The molecule has 1 aromatic heterocycles. The van der Waals surface area contributed by atoms with Gasteiger partial charge in [-0.3, -0.25) is 0 Å². The maximum absolute atomic E-state index is 13.6. The first-order chi connectivity index (χ1) is 9.49. The van der Waals surface area contributed by atoms with Crippen molar-refractivity contribution in [3.8, 4) is 0 Å². The Kier molecular flexibility index (Phi) is 4.24. The first-order valence-corrected chi connectivity index (χ1v) is 6.50. The van der Waals surface area contributed by atoms with Gasteiger partial charge in [-0.05, 0) is 30.5 Å². The zero-order valence-electron chi connectivity index (χ0n) is 11.3. The molecule has 1 aromatic carbocycles. The minimum Gasteiger partial charge on any atom is -0.388 e. The Morgan fingerprint density at radius 3 is 2.45 bits per heavy atom. The zero-order chi connectivity index (χ0) is 14.7. The number of aryl methyl sites for hydroxylation is 2. The molecule has 0 radical (unpaired) electrons. The molecule has 0 atom stereocenters. The van der Waals surface area contributed by atoms with Gasteiger partial charge in [-0.2, -0.15) is 0 Å². The number of hydrogen-bond acceptors (Lipinski definition) is 4. The summed E-state index contributed by atoms with van der Waals surface area (Å²) in [5.41, 5.74) is 8.25. The molecular weight excluding hydrogens is 275 g/mol. The van der Waals surface area contributed by atoms with Gasteiger partial charge in [0.15, 0.2) is 5.82 Å². The highest BCUT2D eigenvalue weighted by Crippen LogP contribution is 2.16. The van der Waals surface area contributed by atoms with Crippen LogP contribution in [0.4, 0.5) is 10.2 Å². The summed E-state index contributed by atoms with van der Waals surface area (Å²) in [6.07, 6.45) is 3.09. The fourth-order valence-electron chi connectivity index (χ4n) is 1.97. The molecule has 0 unspecified atom stereocenters. The molecule has 3 N–H and O–H groups in total. The lowest BCUT2D eigenvalue weighted by Crippen LogP contribution is -2.16. The van der Waals surface area contributed by atoms with Crippen LogP contribution >= 0.6 is 12.2 Å². The van der Waals surface area contributed by atoms with Crippen LogP contribution in [0.1, 0.15) is 22.4 Å². The summed E-state index contributed by atoms with van der Waals surface area (Å²) in [5.74, 6) is 0.358. The van der Waals surface area contributed by atoms with Gasteiger partial charge in [0.1, 0.15) is 16.5 Å². The van der Waals surface area contributed by atoms with E-state index < -0.39 is 0 Å². The van der Waals surface area contributed by atoms with E-state index in [2.05, 4.69) is 15.3 Å². The minimum absolute atomic E-state index is 0.169. The average Bonchev–Trinajstić information content (AvgIpc) is 2.42. The number of rotatable bonds is 4. The van der Waals surface area contributed by atoms with Crippen LogP contribution in [-0.4, -0.2) is 15.0 Å². The van der Waals surface area contributed by atoms with Gasteiger partial charge in [-0.15, -0.1) is 0 Å². The van der Waals surface area contributed by atoms with Crippen molar-refractivity contribution in [3.05, 3.63) is 52.7 Å². The zero-order valence-corrected chi connectivity index (χ0v) is 12.1. The predicted molar refractivity (Wildman–Crippen MR) is 81.1 cm³/mol. The van der Waals surface area contributed by atoms with E-state index in [0.717, 1.165) is 5.56 Å². The number of nitrogens with zero attached hydrogens (tertiary/aromatic N) is 2. The van der Waals surface area contributed by atoms with Crippen LogP contribution in [-0.2, 0) is 6.54 Å². The summed E-state index contributed by atoms with van der Waals surface area (Å²) in [4.78, 5) is 8.44. The number of nitrogens with two attached hydrogens (primary N) is 1. The first kappa shape index (κ1) is 14.3. The van der Waals surface area contributed by atoms with Crippen molar-refractivity contribution in [2.24, 2.45) is 5.73 Å². The van der Waals surface area contributed by atoms with Gasteiger partial charge in [0, 0.05) is 18.9 Å². The molecule has 2 aromatic rings. The fourth-order valence-corrected chi connectivity index (χ4v) is 2.12. The molecule has 0 aliphatic rings. The van der Waals surface area contributed by atoms with E-state index >= 15 is 0 Å². The molecule has 4 nitrogen and oxygen atoms in total. The molecule has 6 heteroatoms. The minimum atomic E-state index is -0.169. The Bertz CT molecular complexity index is 634. The molecule has 0 aliphatic heterocycles. The van der Waals surface area contributed by atoms with E-state index in [0.29, 0.717) is 29.2 Å². The van der Waals surface area contributed by atoms with Gasteiger partial charge in [-0.25, -0.2) is 14.4 Å². The lowest BCUT2D eigenvalue weighted by Gasteiger charge is -2.10. The highest BCUT2D eigenvalue weighted by molar-refractivity contribution is 7.80. The summed E-state index contributed by atoms with van der Waals surface area (Å²) < 4.78 is 13.6. The van der Waals surface area contributed by atoms with Crippen molar-refractivity contribution in [2.75, 3.05) is 5.32 Å². The molecule has 0 amide bonds. The van der Waals surface area contributed by atoms with Crippen molar-refractivity contribution >= 4 is 23.0 Å². The third-order valence-electron chi connectivity index (χ3n) is 2.89. The van der Waals surface area contributed by atoms with Crippen molar-refractivity contribution in [2.45, 2.75) is 20.4 Å². The van der Waals surface area contributed by atoms with Crippen LogP contribution in [0.5, 0.6) is 0 Å². The molecule has 0 saturated carbocycles. The second-order valence-electron chi connectivity index (χ2n) is 4.51. The number of hydrogen-bond donors (Lipinski definition) is 2. The van der Waals surface area contributed by atoms with Crippen LogP contribution in [0.25, 0.3) is 0 Å². The summed E-state index contributed by atoms with van der Waals surface area (Å²) in [6.45, 7) is 3.99. The van der Waals surface area contributed by atoms with E-state index in [-0.39, 0.29) is 10.8 Å². The number of aromatic nitrogens is 2. The van der Waals surface area contributed by atoms with Crippen LogP contribution in [0.2, 0.25) is 0 Å². The molecule has 0 saturated heterocycles. The van der Waals surface area contributed by atoms with Crippen LogP contribution in [0.3, 0.4) is 0 Å². The van der Waals surface area contributed by atoms with Crippen LogP contribution in [0.15, 0.2) is 24.5 Å². The Balaban J connectivity index is 2.19. The number of anilines is 1. The summed E-state index contributed by atoms with van der Waals surface area (Å²) >= 11 is 4.92. The van der Waals surface area contributed by atoms with Crippen molar-refractivity contribution < 1.29 is 4.39 Å². The topological polar surface area (TPSA) is 63.8 Å². The van der Waals surface area contributed by atoms with Gasteiger partial charge >= 0.3 is 0 Å². The number of benzene rings is 1. The maximum atomic E-state index is 13.6. The second kappa shape index (κ2) is 5.92. The molecule has 0 spiro atoms. The third kappa shape index (κ3) is 3.08. The average molecular weight is 290 g/mol. The SMILES string of the molecule is Cc1cc(CNc2nccnc2C(N)=S)cc(C)c1F. The van der Waals surface area contributed by atoms with Gasteiger partial charge in [0.2, 0.25) is 0 Å². The van der Waals surface area contributed by atoms with Crippen LogP contribution < -0.4 is 11.1 Å². The van der Waals surface area contributed by atoms with Crippen LogP contribution in [0, 0.1) is 19.7 Å². The Morgan fingerprint density at radius 1 is 1.25 bits per heavy atom. The summed E-state index contributed by atoms with van der Waals surface area (Å²) in [5, 5.41) is 3.12. The van der Waals surface area contributed by atoms with E-state index in [9.17, 15) is 4.39 Å². The lowest BCUT2D eigenvalue weighted by atomic mass is 10.1. The summed E-state index contributed by atoms with van der Waals surface area (Å²) in [7, 11) is 0. The molecule has 20 heavy (non-hydrogen) atoms. The number of thiocarbonyl (C=S) groups is 1. The first-order valence-electron chi connectivity index (χ1n) is 6.09. The van der Waals surface area contributed by atoms with E-state index in [1.807, 2.05) is 0 Å².